The topological polar surface area (TPSA) is 87.7 Å². The molecule has 6 nitrogen and oxygen atoms in total. The van der Waals surface area contributed by atoms with E-state index in [-0.39, 0.29) is 23.7 Å². The van der Waals surface area contributed by atoms with E-state index in [1.54, 1.807) is 23.7 Å². The van der Waals surface area contributed by atoms with Crippen LogP contribution in [0.25, 0.3) is 0 Å². The number of halogens is 1. The molecule has 3 aromatic rings. The lowest BCUT2D eigenvalue weighted by molar-refractivity contribution is -0.115. The highest BCUT2D eigenvalue weighted by molar-refractivity contribution is 7.98. The zero-order valence-corrected chi connectivity index (χ0v) is 14.5. The summed E-state index contributed by atoms with van der Waals surface area (Å²) < 4.78 is 12.9. The van der Waals surface area contributed by atoms with Crippen molar-refractivity contribution in [1.29, 1.82) is 0 Å². The SMILES string of the molecule is O=C(Cc1cc(=O)[nH]c(SCc2ccc(F)cc2)n1)Nc1nccs1. The number of amides is 1. The van der Waals surface area contributed by atoms with Gasteiger partial charge in [0.25, 0.3) is 5.56 Å². The minimum absolute atomic E-state index is 0.0202. The third-order valence-electron chi connectivity index (χ3n) is 3.08. The maximum Gasteiger partial charge on any atom is 0.251 e. The molecule has 0 fully saturated rings. The second kappa shape index (κ2) is 8.04. The van der Waals surface area contributed by atoms with Crippen molar-refractivity contribution in [2.75, 3.05) is 5.32 Å². The molecule has 1 amide bonds. The summed E-state index contributed by atoms with van der Waals surface area (Å²) >= 11 is 2.62. The Hall–Kier alpha value is -2.52. The van der Waals surface area contributed by atoms with Gasteiger partial charge in [0.05, 0.1) is 12.1 Å². The summed E-state index contributed by atoms with van der Waals surface area (Å²) in [5.74, 6) is -0.0612. The van der Waals surface area contributed by atoms with Crippen molar-refractivity contribution in [2.24, 2.45) is 0 Å². The van der Waals surface area contributed by atoms with Gasteiger partial charge in [-0.15, -0.1) is 11.3 Å². The third kappa shape index (κ3) is 5.23. The Bertz CT molecular complexity index is 911. The molecule has 0 bridgehead atoms. The molecule has 3 rings (SSSR count). The predicted molar refractivity (Wildman–Crippen MR) is 95.3 cm³/mol. The van der Waals surface area contributed by atoms with E-state index in [1.807, 2.05) is 0 Å². The molecule has 0 saturated heterocycles. The van der Waals surface area contributed by atoms with Crippen LogP contribution in [0.3, 0.4) is 0 Å². The number of hydrogen-bond donors (Lipinski definition) is 2. The van der Waals surface area contributed by atoms with Gasteiger partial charge >= 0.3 is 0 Å². The minimum Gasteiger partial charge on any atom is -0.302 e. The number of hydrogen-bond acceptors (Lipinski definition) is 6. The lowest BCUT2D eigenvalue weighted by Gasteiger charge is -2.05. The van der Waals surface area contributed by atoms with Crippen LogP contribution in [0, 0.1) is 5.82 Å². The van der Waals surface area contributed by atoms with Crippen molar-refractivity contribution in [3.05, 3.63) is 69.3 Å². The molecule has 0 radical (unpaired) electrons. The van der Waals surface area contributed by atoms with E-state index in [0.717, 1.165) is 5.56 Å². The van der Waals surface area contributed by atoms with Gasteiger partial charge in [0, 0.05) is 23.4 Å². The molecule has 0 unspecified atom stereocenters. The van der Waals surface area contributed by atoms with Gasteiger partial charge in [-0.3, -0.25) is 9.59 Å². The molecule has 0 aliphatic carbocycles. The van der Waals surface area contributed by atoms with E-state index in [2.05, 4.69) is 20.3 Å². The van der Waals surface area contributed by atoms with Gasteiger partial charge in [-0.25, -0.2) is 14.4 Å². The molecular weight excluding hydrogens is 363 g/mol. The molecule has 0 atom stereocenters. The summed E-state index contributed by atoms with van der Waals surface area (Å²) in [6.45, 7) is 0. The highest BCUT2D eigenvalue weighted by Crippen LogP contribution is 2.19. The monoisotopic (exact) mass is 376 g/mol. The summed E-state index contributed by atoms with van der Waals surface area (Å²) in [6.07, 6.45) is 1.57. The summed E-state index contributed by atoms with van der Waals surface area (Å²) in [6, 6.07) is 7.40. The van der Waals surface area contributed by atoms with E-state index in [0.29, 0.717) is 21.7 Å². The number of aromatic nitrogens is 3. The number of anilines is 1. The normalized spacial score (nSPS) is 10.6. The summed E-state index contributed by atoms with van der Waals surface area (Å²) in [4.78, 5) is 34.6. The number of nitrogens with zero attached hydrogens (tertiary/aromatic N) is 2. The van der Waals surface area contributed by atoms with Crippen LogP contribution in [-0.2, 0) is 17.0 Å². The first-order chi connectivity index (χ1) is 12.1. The van der Waals surface area contributed by atoms with Crippen LogP contribution in [-0.4, -0.2) is 20.9 Å². The third-order valence-corrected chi connectivity index (χ3v) is 4.72. The first kappa shape index (κ1) is 17.3. The van der Waals surface area contributed by atoms with E-state index < -0.39 is 0 Å². The molecule has 2 N–H and O–H groups in total. The fourth-order valence-corrected chi connectivity index (χ4v) is 3.38. The van der Waals surface area contributed by atoms with Gasteiger partial charge in [-0.2, -0.15) is 0 Å². The van der Waals surface area contributed by atoms with Crippen LogP contribution < -0.4 is 10.9 Å². The van der Waals surface area contributed by atoms with E-state index in [1.165, 1.54) is 41.3 Å². The highest BCUT2D eigenvalue weighted by atomic mass is 32.2. The van der Waals surface area contributed by atoms with Crippen molar-refractivity contribution in [3.63, 3.8) is 0 Å². The number of H-pyrrole nitrogens is 1. The first-order valence-corrected chi connectivity index (χ1v) is 9.12. The molecular formula is C16H13FN4O2S2. The van der Waals surface area contributed by atoms with Crippen LogP contribution >= 0.6 is 23.1 Å². The Morgan fingerprint density at radius 2 is 2.12 bits per heavy atom. The van der Waals surface area contributed by atoms with Crippen molar-refractivity contribution in [2.45, 2.75) is 17.3 Å². The summed E-state index contributed by atoms with van der Waals surface area (Å²) in [7, 11) is 0. The molecule has 0 aliphatic heterocycles. The Morgan fingerprint density at radius 1 is 1.32 bits per heavy atom. The van der Waals surface area contributed by atoms with Gasteiger partial charge in [0.15, 0.2) is 10.3 Å². The Labute approximate surface area is 150 Å². The van der Waals surface area contributed by atoms with Crippen molar-refractivity contribution < 1.29 is 9.18 Å². The van der Waals surface area contributed by atoms with Crippen molar-refractivity contribution in [3.8, 4) is 0 Å². The van der Waals surface area contributed by atoms with Crippen LogP contribution in [0.4, 0.5) is 9.52 Å². The zero-order valence-electron chi connectivity index (χ0n) is 12.9. The van der Waals surface area contributed by atoms with Crippen molar-refractivity contribution >= 4 is 34.1 Å². The number of benzene rings is 1. The number of carbonyl (C=O) groups excluding carboxylic acids is 1. The molecule has 0 saturated carbocycles. The second-order valence-electron chi connectivity index (χ2n) is 5.02. The second-order valence-corrected chi connectivity index (χ2v) is 6.88. The largest absolute Gasteiger partial charge is 0.302 e. The molecule has 25 heavy (non-hydrogen) atoms. The summed E-state index contributed by atoms with van der Waals surface area (Å²) in [5, 5.41) is 5.31. The molecule has 2 heterocycles. The van der Waals surface area contributed by atoms with E-state index >= 15 is 0 Å². The first-order valence-electron chi connectivity index (χ1n) is 7.25. The highest BCUT2D eigenvalue weighted by Gasteiger charge is 2.09. The lowest BCUT2D eigenvalue weighted by Crippen LogP contribution is -2.18. The van der Waals surface area contributed by atoms with Crippen LogP contribution in [0.5, 0.6) is 0 Å². The molecule has 0 aliphatic rings. The van der Waals surface area contributed by atoms with Gasteiger partial charge < -0.3 is 10.3 Å². The summed E-state index contributed by atoms with van der Waals surface area (Å²) in [5.41, 5.74) is 0.953. The molecule has 1 aromatic carbocycles. The zero-order chi connectivity index (χ0) is 17.6. The molecule has 0 spiro atoms. The quantitative estimate of drug-likeness (QED) is 0.510. The predicted octanol–water partition coefficient (Wildman–Crippen LogP) is 2.84. The molecule has 128 valence electrons. The van der Waals surface area contributed by atoms with Gasteiger partial charge in [0.1, 0.15) is 5.82 Å². The lowest BCUT2D eigenvalue weighted by atomic mass is 10.2. The maximum atomic E-state index is 12.9. The van der Waals surface area contributed by atoms with Crippen LogP contribution in [0.2, 0.25) is 0 Å². The Morgan fingerprint density at radius 3 is 2.84 bits per heavy atom. The van der Waals surface area contributed by atoms with Gasteiger partial charge in [-0.1, -0.05) is 23.9 Å². The number of thiazole rings is 1. The number of thioether (sulfide) groups is 1. The van der Waals surface area contributed by atoms with Gasteiger partial charge in [0.2, 0.25) is 5.91 Å². The maximum absolute atomic E-state index is 12.9. The fourth-order valence-electron chi connectivity index (χ4n) is 1.99. The number of aromatic amines is 1. The van der Waals surface area contributed by atoms with Crippen LogP contribution in [0.15, 0.2) is 51.9 Å². The Kier molecular flexibility index (Phi) is 5.56. The number of nitrogens with one attached hydrogen (secondary N) is 2. The van der Waals surface area contributed by atoms with Crippen molar-refractivity contribution in [1.82, 2.24) is 15.0 Å². The average molecular weight is 376 g/mol. The minimum atomic E-state index is -0.325. The smallest absolute Gasteiger partial charge is 0.251 e. The standard InChI is InChI=1S/C16H13FN4O2S2/c17-11-3-1-10(2-4-11)9-25-16-19-12(8-14(23)21-16)7-13(22)20-15-18-5-6-24-15/h1-6,8H,7,9H2,(H,18,20,22)(H,19,21,23). The molecule has 2 aromatic heterocycles. The Balaban J connectivity index is 1.64. The fraction of sp³-hybridized carbons (Fsp3) is 0.125. The average Bonchev–Trinajstić information content (AvgIpc) is 3.06. The van der Waals surface area contributed by atoms with Crippen LogP contribution in [0.1, 0.15) is 11.3 Å². The van der Waals surface area contributed by atoms with Gasteiger partial charge in [-0.05, 0) is 17.7 Å². The number of rotatable bonds is 6. The van der Waals surface area contributed by atoms with E-state index in [4.69, 9.17) is 0 Å². The number of carbonyl (C=O) groups is 1. The van der Waals surface area contributed by atoms with E-state index in [9.17, 15) is 14.0 Å². The molecule has 9 heteroatoms.